The van der Waals surface area contributed by atoms with E-state index in [9.17, 15) is 0 Å². The lowest BCUT2D eigenvalue weighted by Crippen LogP contribution is -2.28. The van der Waals surface area contributed by atoms with Gasteiger partial charge in [0.25, 0.3) is 0 Å². The third kappa shape index (κ3) is 2.78. The summed E-state index contributed by atoms with van der Waals surface area (Å²) in [5, 5.41) is 0. The van der Waals surface area contributed by atoms with E-state index in [1.807, 2.05) is 12.3 Å². The van der Waals surface area contributed by atoms with E-state index in [4.69, 9.17) is 4.74 Å². The van der Waals surface area contributed by atoms with Crippen LogP contribution in [0.2, 0.25) is 0 Å². The minimum Gasteiger partial charge on any atom is -0.490 e. The summed E-state index contributed by atoms with van der Waals surface area (Å²) in [4.78, 5) is 6.77. The minimum absolute atomic E-state index is 0.334. The monoisotopic (exact) mass is 234 g/mol. The van der Waals surface area contributed by atoms with Gasteiger partial charge in [-0.15, -0.1) is 0 Å². The minimum atomic E-state index is 0.334. The van der Waals surface area contributed by atoms with Gasteiger partial charge in [0.1, 0.15) is 5.75 Å². The molecule has 0 aromatic carbocycles. The zero-order chi connectivity index (χ0) is 12.3. The molecule has 0 saturated heterocycles. The van der Waals surface area contributed by atoms with Crippen molar-refractivity contribution in [3.8, 4) is 5.75 Å². The number of ether oxygens (including phenoxy) is 1. The molecule has 1 aliphatic rings. The molecule has 2 rings (SSSR count). The maximum absolute atomic E-state index is 6.09. The normalized spacial score (nSPS) is 16.0. The molecule has 1 aliphatic heterocycles. The Morgan fingerprint density at radius 2 is 2.18 bits per heavy atom. The molecule has 1 aromatic rings. The Morgan fingerprint density at radius 1 is 1.41 bits per heavy atom. The van der Waals surface area contributed by atoms with Crippen molar-refractivity contribution in [1.82, 2.24) is 9.88 Å². The Hall–Kier alpha value is -1.09. The first kappa shape index (κ1) is 12.4. The molecule has 0 radical (unpaired) electrons. The highest BCUT2D eigenvalue weighted by molar-refractivity contribution is 5.37. The predicted molar refractivity (Wildman–Crippen MR) is 69.3 cm³/mol. The summed E-state index contributed by atoms with van der Waals surface area (Å²) < 4.78 is 6.09. The van der Waals surface area contributed by atoms with E-state index in [-0.39, 0.29) is 0 Å². The molecule has 0 bridgehead atoms. The van der Waals surface area contributed by atoms with E-state index in [1.54, 1.807) is 0 Å². The highest BCUT2D eigenvalue weighted by Crippen LogP contribution is 2.27. The summed E-state index contributed by atoms with van der Waals surface area (Å²) in [5.41, 5.74) is 2.50. The Bertz CT molecular complexity index is 374. The topological polar surface area (TPSA) is 25.4 Å². The molecule has 0 amide bonds. The summed E-state index contributed by atoms with van der Waals surface area (Å²) >= 11 is 0. The Kier molecular flexibility index (Phi) is 4.00. The standard InChI is InChI=1S/C14H22N2O/c1-4-11(5-2)17-14-6-8-15-13-10-16(3)9-7-12(13)14/h6,8,11H,4-5,7,9-10H2,1-3H3. The first-order valence-electron chi connectivity index (χ1n) is 6.56. The largest absolute Gasteiger partial charge is 0.490 e. The molecule has 94 valence electrons. The molecular formula is C14H22N2O. The fourth-order valence-corrected chi connectivity index (χ4v) is 2.30. The van der Waals surface area contributed by atoms with Crippen LogP contribution in [0.25, 0.3) is 0 Å². The predicted octanol–water partition coefficient (Wildman–Crippen LogP) is 2.64. The lowest BCUT2D eigenvalue weighted by atomic mass is 10.0. The summed E-state index contributed by atoms with van der Waals surface area (Å²) in [6.07, 6.45) is 5.38. The number of fused-ring (bicyclic) bond motifs is 1. The van der Waals surface area contributed by atoms with Crippen LogP contribution in [0.1, 0.15) is 37.9 Å². The first-order chi connectivity index (χ1) is 8.24. The highest BCUT2D eigenvalue weighted by Gasteiger charge is 2.19. The quantitative estimate of drug-likeness (QED) is 0.801. The van der Waals surface area contributed by atoms with E-state index in [0.29, 0.717) is 6.10 Å². The fraction of sp³-hybridized carbons (Fsp3) is 0.643. The Balaban J connectivity index is 2.20. The van der Waals surface area contributed by atoms with Crippen molar-refractivity contribution < 1.29 is 4.74 Å². The van der Waals surface area contributed by atoms with Crippen LogP contribution in [0.4, 0.5) is 0 Å². The second kappa shape index (κ2) is 5.50. The zero-order valence-electron chi connectivity index (χ0n) is 11.1. The third-order valence-electron chi connectivity index (χ3n) is 3.47. The van der Waals surface area contributed by atoms with Crippen molar-refractivity contribution in [3.63, 3.8) is 0 Å². The molecule has 0 fully saturated rings. The van der Waals surface area contributed by atoms with E-state index in [1.165, 1.54) is 11.3 Å². The molecule has 2 heterocycles. The third-order valence-corrected chi connectivity index (χ3v) is 3.47. The summed E-state index contributed by atoms with van der Waals surface area (Å²) in [5.74, 6) is 1.05. The number of hydrogen-bond donors (Lipinski definition) is 0. The summed E-state index contributed by atoms with van der Waals surface area (Å²) in [7, 11) is 2.14. The van der Waals surface area contributed by atoms with Crippen molar-refractivity contribution in [3.05, 3.63) is 23.5 Å². The molecule has 0 aliphatic carbocycles. The second-order valence-corrected chi connectivity index (χ2v) is 4.78. The average Bonchev–Trinajstić information content (AvgIpc) is 2.35. The van der Waals surface area contributed by atoms with E-state index in [0.717, 1.165) is 38.1 Å². The lowest BCUT2D eigenvalue weighted by molar-refractivity contribution is 0.187. The van der Waals surface area contributed by atoms with Crippen LogP contribution in [0.3, 0.4) is 0 Å². The number of pyridine rings is 1. The van der Waals surface area contributed by atoms with Gasteiger partial charge in [0.05, 0.1) is 11.8 Å². The fourth-order valence-electron chi connectivity index (χ4n) is 2.30. The van der Waals surface area contributed by atoms with E-state index in [2.05, 4.69) is 30.8 Å². The molecule has 3 heteroatoms. The molecule has 17 heavy (non-hydrogen) atoms. The molecule has 0 unspecified atom stereocenters. The Labute approximate surface area is 104 Å². The van der Waals surface area contributed by atoms with Crippen LogP contribution in [-0.2, 0) is 13.0 Å². The first-order valence-corrected chi connectivity index (χ1v) is 6.56. The van der Waals surface area contributed by atoms with Crippen LogP contribution < -0.4 is 4.74 Å². The van der Waals surface area contributed by atoms with Gasteiger partial charge >= 0.3 is 0 Å². The Morgan fingerprint density at radius 3 is 2.88 bits per heavy atom. The number of rotatable bonds is 4. The van der Waals surface area contributed by atoms with E-state index >= 15 is 0 Å². The summed E-state index contributed by atoms with van der Waals surface area (Å²) in [6.45, 7) is 6.39. The van der Waals surface area contributed by atoms with E-state index < -0.39 is 0 Å². The van der Waals surface area contributed by atoms with Gasteiger partial charge in [-0.25, -0.2) is 0 Å². The van der Waals surface area contributed by atoms with Crippen LogP contribution in [0.15, 0.2) is 12.3 Å². The maximum atomic E-state index is 6.09. The molecule has 0 N–H and O–H groups in total. The number of likely N-dealkylation sites (N-methyl/N-ethyl adjacent to an activating group) is 1. The maximum Gasteiger partial charge on any atom is 0.126 e. The highest BCUT2D eigenvalue weighted by atomic mass is 16.5. The molecule has 3 nitrogen and oxygen atoms in total. The summed E-state index contributed by atoms with van der Waals surface area (Å²) in [6, 6.07) is 2.02. The lowest BCUT2D eigenvalue weighted by Gasteiger charge is -2.27. The second-order valence-electron chi connectivity index (χ2n) is 4.78. The van der Waals surface area contributed by atoms with Gasteiger partial charge in [0.2, 0.25) is 0 Å². The zero-order valence-corrected chi connectivity index (χ0v) is 11.1. The molecule has 0 spiro atoms. The van der Waals surface area contributed by atoms with Crippen molar-refractivity contribution >= 4 is 0 Å². The van der Waals surface area contributed by atoms with Crippen molar-refractivity contribution in [1.29, 1.82) is 0 Å². The van der Waals surface area contributed by atoms with Gasteiger partial charge in [-0.3, -0.25) is 4.98 Å². The van der Waals surface area contributed by atoms with Gasteiger partial charge in [0, 0.05) is 24.8 Å². The van der Waals surface area contributed by atoms with Crippen molar-refractivity contribution in [2.75, 3.05) is 13.6 Å². The number of hydrogen-bond acceptors (Lipinski definition) is 3. The molecule has 1 aromatic heterocycles. The molecular weight excluding hydrogens is 212 g/mol. The molecule has 0 atom stereocenters. The van der Waals surface area contributed by atoms with Crippen LogP contribution in [-0.4, -0.2) is 29.6 Å². The van der Waals surface area contributed by atoms with Crippen LogP contribution >= 0.6 is 0 Å². The van der Waals surface area contributed by atoms with Gasteiger partial charge in [-0.2, -0.15) is 0 Å². The van der Waals surface area contributed by atoms with Crippen LogP contribution in [0, 0.1) is 0 Å². The van der Waals surface area contributed by atoms with Crippen molar-refractivity contribution in [2.45, 2.75) is 45.8 Å². The SMILES string of the molecule is CCC(CC)Oc1ccnc2c1CCN(C)C2. The van der Waals surface area contributed by atoms with Gasteiger partial charge in [-0.1, -0.05) is 13.8 Å². The smallest absolute Gasteiger partial charge is 0.126 e. The van der Waals surface area contributed by atoms with Crippen molar-refractivity contribution in [2.24, 2.45) is 0 Å². The number of aromatic nitrogens is 1. The average molecular weight is 234 g/mol. The van der Waals surface area contributed by atoms with Gasteiger partial charge in [0.15, 0.2) is 0 Å². The molecule has 0 saturated carbocycles. The van der Waals surface area contributed by atoms with Gasteiger partial charge in [-0.05, 0) is 32.4 Å². The number of nitrogens with zero attached hydrogens (tertiary/aromatic N) is 2. The van der Waals surface area contributed by atoms with Crippen LogP contribution in [0.5, 0.6) is 5.75 Å². The van der Waals surface area contributed by atoms with Gasteiger partial charge < -0.3 is 9.64 Å².